The molecule has 37 heavy (non-hydrogen) atoms. The van der Waals surface area contributed by atoms with Crippen LogP contribution in [-0.2, 0) is 4.74 Å². The van der Waals surface area contributed by atoms with Crippen LogP contribution in [0.4, 0.5) is 0 Å². The summed E-state index contributed by atoms with van der Waals surface area (Å²) in [4.78, 5) is 6.08. The number of aromatic nitrogens is 1. The Morgan fingerprint density at radius 1 is 1.08 bits per heavy atom. The lowest BCUT2D eigenvalue weighted by Crippen LogP contribution is -2.37. The third-order valence-electron chi connectivity index (χ3n) is 7.67. The smallest absolute Gasteiger partial charge is 0.179 e. The van der Waals surface area contributed by atoms with Gasteiger partial charge in [0.05, 0.1) is 39.8 Å². The summed E-state index contributed by atoms with van der Waals surface area (Å²) in [6.45, 7) is 11.1. The summed E-state index contributed by atoms with van der Waals surface area (Å²) in [6, 6.07) is 14.1. The fraction of sp³-hybridized carbons (Fsp3) is 0.452. The van der Waals surface area contributed by atoms with Crippen LogP contribution in [0.1, 0.15) is 69.4 Å². The number of thiophene rings is 1. The molecule has 5 rings (SSSR count). The Bertz CT molecular complexity index is 1420. The second-order valence-corrected chi connectivity index (χ2v) is 12.1. The van der Waals surface area contributed by atoms with Gasteiger partial charge in [-0.25, -0.2) is 4.98 Å². The predicted octanol–water partition coefficient (Wildman–Crippen LogP) is 7.47. The van der Waals surface area contributed by atoms with Gasteiger partial charge in [-0.2, -0.15) is 0 Å². The maximum Gasteiger partial charge on any atom is 0.179 e. The number of pyridine rings is 1. The van der Waals surface area contributed by atoms with E-state index in [2.05, 4.69) is 39.8 Å². The van der Waals surface area contributed by atoms with Gasteiger partial charge in [-0.15, -0.1) is 11.3 Å². The molecule has 0 unspecified atom stereocenters. The fourth-order valence-electron chi connectivity index (χ4n) is 5.68. The molecule has 1 aliphatic carbocycles. The van der Waals surface area contributed by atoms with Gasteiger partial charge in [0.2, 0.25) is 0 Å². The van der Waals surface area contributed by atoms with Gasteiger partial charge in [-0.1, -0.05) is 24.3 Å². The molecule has 1 saturated carbocycles. The van der Waals surface area contributed by atoms with Crippen LogP contribution in [0.3, 0.4) is 0 Å². The number of aryl methyl sites for hydroxylation is 2. The summed E-state index contributed by atoms with van der Waals surface area (Å²) < 4.78 is 13.7. The first kappa shape index (κ1) is 26.1. The SMILES string of the molecule is Cc1c(-c2cc(C(O)O)c3c(OC[C@H]4CC[C@@](C)(OC(C)C)CC4)ccc(C)c3n2)sc2ccccc12. The zero-order valence-electron chi connectivity index (χ0n) is 22.4. The average molecular weight is 520 g/mol. The molecule has 0 aliphatic heterocycles. The van der Waals surface area contributed by atoms with Crippen molar-refractivity contribution in [2.75, 3.05) is 6.61 Å². The molecule has 196 valence electrons. The van der Waals surface area contributed by atoms with E-state index in [1.54, 1.807) is 11.3 Å². The molecule has 2 N–H and O–H groups in total. The van der Waals surface area contributed by atoms with Gasteiger partial charge in [0.1, 0.15) is 5.75 Å². The number of nitrogens with zero attached hydrogens (tertiary/aromatic N) is 1. The Labute approximate surface area is 223 Å². The molecule has 0 spiro atoms. The van der Waals surface area contributed by atoms with Crippen LogP contribution in [0.5, 0.6) is 5.75 Å². The molecule has 6 heteroatoms. The van der Waals surface area contributed by atoms with Crippen LogP contribution in [0.15, 0.2) is 42.5 Å². The van der Waals surface area contributed by atoms with Crippen LogP contribution in [0.2, 0.25) is 0 Å². The van der Waals surface area contributed by atoms with Crippen LogP contribution in [0, 0.1) is 19.8 Å². The van der Waals surface area contributed by atoms with E-state index in [-0.39, 0.29) is 11.7 Å². The molecule has 1 fully saturated rings. The van der Waals surface area contributed by atoms with Crippen molar-refractivity contribution in [3.05, 3.63) is 59.2 Å². The average Bonchev–Trinajstić information content (AvgIpc) is 3.20. The molecule has 0 radical (unpaired) electrons. The van der Waals surface area contributed by atoms with E-state index in [1.807, 2.05) is 37.3 Å². The third kappa shape index (κ3) is 5.26. The molecule has 0 atom stereocenters. The van der Waals surface area contributed by atoms with Crippen molar-refractivity contribution in [2.45, 2.75) is 78.3 Å². The van der Waals surface area contributed by atoms with E-state index in [0.717, 1.165) is 52.9 Å². The Balaban J connectivity index is 1.46. The monoisotopic (exact) mass is 519 g/mol. The van der Waals surface area contributed by atoms with E-state index < -0.39 is 6.29 Å². The largest absolute Gasteiger partial charge is 0.493 e. The number of benzene rings is 2. The number of aliphatic hydroxyl groups excluding tert-OH is 1. The summed E-state index contributed by atoms with van der Waals surface area (Å²) in [5, 5.41) is 22.7. The first-order chi connectivity index (χ1) is 17.6. The Hall–Kier alpha value is -2.51. The number of aliphatic hydroxyl groups is 2. The molecular weight excluding hydrogens is 482 g/mol. The van der Waals surface area contributed by atoms with Gasteiger partial charge < -0.3 is 19.7 Å². The molecular formula is C31H37NO4S. The number of rotatable bonds is 7. The maximum atomic E-state index is 10.4. The first-order valence-corrected chi connectivity index (χ1v) is 14.1. The quantitative estimate of drug-likeness (QED) is 0.248. The van der Waals surface area contributed by atoms with E-state index in [1.165, 1.54) is 10.1 Å². The van der Waals surface area contributed by atoms with Crippen molar-refractivity contribution < 1.29 is 19.7 Å². The second-order valence-electron chi connectivity index (χ2n) is 11.0. The lowest BCUT2D eigenvalue weighted by molar-refractivity contribution is -0.0970. The lowest BCUT2D eigenvalue weighted by atomic mass is 9.80. The van der Waals surface area contributed by atoms with E-state index >= 15 is 0 Å². The van der Waals surface area contributed by atoms with Crippen molar-refractivity contribution in [1.82, 2.24) is 4.98 Å². The van der Waals surface area contributed by atoms with Gasteiger partial charge >= 0.3 is 0 Å². The summed E-state index contributed by atoms with van der Waals surface area (Å²) in [5.74, 6) is 1.10. The van der Waals surface area contributed by atoms with Crippen molar-refractivity contribution in [3.63, 3.8) is 0 Å². The van der Waals surface area contributed by atoms with Gasteiger partial charge in [0.25, 0.3) is 0 Å². The molecule has 2 heterocycles. The van der Waals surface area contributed by atoms with Gasteiger partial charge in [0, 0.05) is 10.3 Å². The zero-order chi connectivity index (χ0) is 26.3. The first-order valence-electron chi connectivity index (χ1n) is 13.2. The minimum Gasteiger partial charge on any atom is -0.493 e. The molecule has 2 aromatic carbocycles. The van der Waals surface area contributed by atoms with Crippen molar-refractivity contribution in [2.24, 2.45) is 5.92 Å². The lowest BCUT2D eigenvalue weighted by Gasteiger charge is -2.38. The minimum absolute atomic E-state index is 0.0551. The molecule has 5 nitrogen and oxygen atoms in total. The molecule has 0 saturated heterocycles. The van der Waals surface area contributed by atoms with Crippen LogP contribution >= 0.6 is 11.3 Å². The molecule has 0 bridgehead atoms. The van der Waals surface area contributed by atoms with Crippen LogP contribution < -0.4 is 4.74 Å². The third-order valence-corrected chi connectivity index (χ3v) is 8.96. The predicted molar refractivity (Wildman–Crippen MR) is 151 cm³/mol. The maximum absolute atomic E-state index is 10.4. The minimum atomic E-state index is -1.63. The van der Waals surface area contributed by atoms with E-state index in [4.69, 9.17) is 14.5 Å². The normalized spacial score (nSPS) is 20.4. The Kier molecular flexibility index (Phi) is 7.29. The van der Waals surface area contributed by atoms with Crippen LogP contribution in [-0.4, -0.2) is 33.5 Å². The van der Waals surface area contributed by atoms with Crippen molar-refractivity contribution in [3.8, 4) is 16.3 Å². The molecule has 0 amide bonds. The number of ether oxygens (including phenoxy) is 2. The van der Waals surface area contributed by atoms with Gasteiger partial charge in [-0.05, 0) is 101 Å². The van der Waals surface area contributed by atoms with E-state index in [0.29, 0.717) is 29.2 Å². The number of hydrogen-bond donors (Lipinski definition) is 2. The second kappa shape index (κ2) is 10.3. The van der Waals surface area contributed by atoms with Crippen molar-refractivity contribution in [1.29, 1.82) is 0 Å². The van der Waals surface area contributed by atoms with Crippen molar-refractivity contribution >= 4 is 32.3 Å². The summed E-state index contributed by atoms with van der Waals surface area (Å²) >= 11 is 1.68. The molecule has 1 aliphatic rings. The highest BCUT2D eigenvalue weighted by molar-refractivity contribution is 7.22. The standard InChI is InChI=1S/C31H37NO4S/c1-18(2)36-31(5)14-12-21(13-15-31)17-35-25-11-10-19(3)28-27(25)23(30(33)34)16-24(32-28)29-20(4)22-8-6-7-9-26(22)37-29/h6-11,16,18,21,30,33-34H,12-15,17H2,1-5H3/t21-,31+. The Morgan fingerprint density at radius 3 is 2.49 bits per heavy atom. The Morgan fingerprint density at radius 2 is 1.81 bits per heavy atom. The van der Waals surface area contributed by atoms with Gasteiger partial charge in [0.15, 0.2) is 6.29 Å². The molecule has 2 aromatic heterocycles. The highest BCUT2D eigenvalue weighted by atomic mass is 32.1. The highest BCUT2D eigenvalue weighted by Gasteiger charge is 2.33. The van der Waals surface area contributed by atoms with Crippen LogP contribution in [0.25, 0.3) is 31.6 Å². The highest BCUT2D eigenvalue weighted by Crippen LogP contribution is 2.42. The summed E-state index contributed by atoms with van der Waals surface area (Å²) in [7, 11) is 0. The van der Waals surface area contributed by atoms with E-state index in [9.17, 15) is 10.2 Å². The topological polar surface area (TPSA) is 71.8 Å². The molecule has 4 aromatic rings. The number of fused-ring (bicyclic) bond motifs is 2. The fourth-order valence-corrected chi connectivity index (χ4v) is 6.85. The summed E-state index contributed by atoms with van der Waals surface area (Å²) in [5.41, 5.74) is 4.01. The number of hydrogen-bond acceptors (Lipinski definition) is 6. The van der Waals surface area contributed by atoms with Gasteiger partial charge in [-0.3, -0.25) is 0 Å². The zero-order valence-corrected chi connectivity index (χ0v) is 23.2. The summed E-state index contributed by atoms with van der Waals surface area (Å²) in [6.07, 6.45) is 2.74.